The maximum absolute atomic E-state index is 5.24. The predicted molar refractivity (Wildman–Crippen MR) is 58.7 cm³/mol. The largest absolute Gasteiger partial charge is 0.481 e. The van der Waals surface area contributed by atoms with Crippen LogP contribution in [-0.4, -0.2) is 12.1 Å². The van der Waals surface area contributed by atoms with Crippen molar-refractivity contribution < 1.29 is 4.74 Å². The molecule has 1 unspecified atom stereocenters. The molecule has 0 aliphatic carbocycles. The van der Waals surface area contributed by atoms with E-state index in [-0.39, 0.29) is 0 Å². The van der Waals surface area contributed by atoms with E-state index in [1.807, 2.05) is 6.07 Å². The van der Waals surface area contributed by atoms with Crippen LogP contribution in [0.1, 0.15) is 44.6 Å². The molecule has 0 aliphatic rings. The second-order valence-corrected chi connectivity index (χ2v) is 3.65. The number of aromatic nitrogens is 1. The van der Waals surface area contributed by atoms with Crippen LogP contribution < -0.4 is 4.74 Å². The minimum Gasteiger partial charge on any atom is -0.481 e. The highest BCUT2D eigenvalue weighted by atomic mass is 16.5. The zero-order valence-electron chi connectivity index (χ0n) is 9.29. The maximum Gasteiger partial charge on any atom is 0.216 e. The van der Waals surface area contributed by atoms with Gasteiger partial charge in [0, 0.05) is 11.8 Å². The first-order chi connectivity index (χ1) is 6.79. The van der Waals surface area contributed by atoms with Crippen molar-refractivity contribution in [2.75, 3.05) is 7.11 Å². The van der Waals surface area contributed by atoms with Crippen LogP contribution in [0.3, 0.4) is 0 Å². The molecule has 1 aromatic heterocycles. The summed E-state index contributed by atoms with van der Waals surface area (Å²) in [7, 11) is 1.68. The Kier molecular flexibility index (Phi) is 4.44. The third kappa shape index (κ3) is 2.72. The smallest absolute Gasteiger partial charge is 0.216 e. The normalized spacial score (nSPS) is 12.5. The average molecular weight is 193 g/mol. The summed E-state index contributed by atoms with van der Waals surface area (Å²) < 4.78 is 5.24. The summed E-state index contributed by atoms with van der Waals surface area (Å²) in [5.41, 5.74) is 1.23. The van der Waals surface area contributed by atoms with Crippen LogP contribution in [0.15, 0.2) is 18.3 Å². The first-order valence-electron chi connectivity index (χ1n) is 5.28. The number of nitrogens with zero attached hydrogens (tertiary/aromatic N) is 1. The molecule has 2 nitrogen and oxygen atoms in total. The molecule has 0 bridgehead atoms. The Morgan fingerprint density at radius 2 is 2.29 bits per heavy atom. The van der Waals surface area contributed by atoms with Crippen molar-refractivity contribution in [2.45, 2.75) is 39.0 Å². The van der Waals surface area contributed by atoms with Crippen molar-refractivity contribution in [3.05, 3.63) is 23.9 Å². The van der Waals surface area contributed by atoms with Crippen LogP contribution in [0.5, 0.6) is 5.88 Å². The minimum atomic E-state index is 0.540. The van der Waals surface area contributed by atoms with Crippen molar-refractivity contribution in [3.8, 4) is 5.88 Å². The topological polar surface area (TPSA) is 22.1 Å². The van der Waals surface area contributed by atoms with Crippen LogP contribution in [-0.2, 0) is 0 Å². The van der Waals surface area contributed by atoms with Gasteiger partial charge >= 0.3 is 0 Å². The number of pyridine rings is 1. The second-order valence-electron chi connectivity index (χ2n) is 3.65. The van der Waals surface area contributed by atoms with E-state index in [0.29, 0.717) is 5.92 Å². The van der Waals surface area contributed by atoms with Crippen molar-refractivity contribution in [1.29, 1.82) is 0 Å². The van der Waals surface area contributed by atoms with Gasteiger partial charge in [0.25, 0.3) is 0 Å². The Labute approximate surface area is 86.3 Å². The molecule has 78 valence electrons. The fourth-order valence-corrected chi connectivity index (χ4v) is 1.61. The van der Waals surface area contributed by atoms with Gasteiger partial charge in [-0.1, -0.05) is 32.8 Å². The van der Waals surface area contributed by atoms with E-state index in [1.54, 1.807) is 13.3 Å². The summed E-state index contributed by atoms with van der Waals surface area (Å²) in [4.78, 5) is 4.20. The third-order valence-corrected chi connectivity index (χ3v) is 2.52. The van der Waals surface area contributed by atoms with Gasteiger partial charge in [-0.05, 0) is 18.4 Å². The highest BCUT2D eigenvalue weighted by molar-refractivity contribution is 5.28. The molecule has 1 aromatic rings. The van der Waals surface area contributed by atoms with Crippen molar-refractivity contribution in [1.82, 2.24) is 4.98 Å². The van der Waals surface area contributed by atoms with Gasteiger partial charge in [-0.3, -0.25) is 0 Å². The van der Waals surface area contributed by atoms with Gasteiger partial charge in [0.05, 0.1) is 7.11 Å². The van der Waals surface area contributed by atoms with E-state index in [1.165, 1.54) is 24.8 Å². The fraction of sp³-hybridized carbons (Fsp3) is 0.583. The summed E-state index contributed by atoms with van der Waals surface area (Å²) >= 11 is 0. The highest BCUT2D eigenvalue weighted by Gasteiger charge is 2.10. The van der Waals surface area contributed by atoms with E-state index in [0.717, 1.165) is 5.88 Å². The number of unbranched alkanes of at least 4 members (excludes halogenated alkanes) is 1. The van der Waals surface area contributed by atoms with Crippen molar-refractivity contribution in [2.24, 2.45) is 0 Å². The van der Waals surface area contributed by atoms with Gasteiger partial charge in [-0.2, -0.15) is 0 Å². The molecular weight excluding hydrogens is 174 g/mol. The van der Waals surface area contributed by atoms with Crippen LogP contribution in [0.4, 0.5) is 0 Å². The van der Waals surface area contributed by atoms with Crippen molar-refractivity contribution in [3.63, 3.8) is 0 Å². The summed E-state index contributed by atoms with van der Waals surface area (Å²) in [6, 6.07) is 4.08. The van der Waals surface area contributed by atoms with Crippen LogP contribution in [0, 0.1) is 0 Å². The van der Waals surface area contributed by atoms with E-state index >= 15 is 0 Å². The summed E-state index contributed by atoms with van der Waals surface area (Å²) in [5.74, 6) is 1.31. The fourth-order valence-electron chi connectivity index (χ4n) is 1.61. The summed E-state index contributed by atoms with van der Waals surface area (Å²) in [6.07, 6.45) is 5.49. The predicted octanol–water partition coefficient (Wildman–Crippen LogP) is 3.38. The zero-order valence-corrected chi connectivity index (χ0v) is 9.29. The SMILES string of the molecule is CCCCC(C)c1cccnc1OC. The van der Waals surface area contributed by atoms with Gasteiger partial charge in [0.1, 0.15) is 0 Å². The molecular formula is C12H19NO. The Hall–Kier alpha value is -1.05. The van der Waals surface area contributed by atoms with Gasteiger partial charge in [-0.15, -0.1) is 0 Å². The van der Waals surface area contributed by atoms with Crippen LogP contribution in [0.2, 0.25) is 0 Å². The van der Waals surface area contributed by atoms with Gasteiger partial charge in [0.15, 0.2) is 0 Å². The third-order valence-electron chi connectivity index (χ3n) is 2.52. The average Bonchev–Trinajstić information content (AvgIpc) is 2.25. The van der Waals surface area contributed by atoms with E-state index in [9.17, 15) is 0 Å². The molecule has 1 heterocycles. The lowest BCUT2D eigenvalue weighted by molar-refractivity contribution is 0.387. The Bertz CT molecular complexity index is 273. The van der Waals surface area contributed by atoms with Crippen LogP contribution >= 0.6 is 0 Å². The molecule has 1 atom stereocenters. The Balaban J connectivity index is 2.72. The van der Waals surface area contributed by atoms with E-state index in [4.69, 9.17) is 4.74 Å². The molecule has 0 spiro atoms. The lowest BCUT2D eigenvalue weighted by Crippen LogP contribution is -1.99. The molecule has 0 saturated carbocycles. The Morgan fingerprint density at radius 3 is 2.93 bits per heavy atom. The maximum atomic E-state index is 5.24. The standard InChI is InChI=1S/C12H19NO/c1-4-5-7-10(2)11-8-6-9-13-12(11)14-3/h6,8-10H,4-5,7H2,1-3H3. The number of ether oxygens (including phenoxy) is 1. The molecule has 0 fully saturated rings. The highest BCUT2D eigenvalue weighted by Crippen LogP contribution is 2.27. The monoisotopic (exact) mass is 193 g/mol. The molecule has 0 amide bonds. The first kappa shape index (κ1) is 11.0. The molecule has 0 saturated heterocycles. The lowest BCUT2D eigenvalue weighted by Gasteiger charge is -2.13. The van der Waals surface area contributed by atoms with Gasteiger partial charge in [0.2, 0.25) is 5.88 Å². The van der Waals surface area contributed by atoms with Crippen molar-refractivity contribution >= 4 is 0 Å². The molecule has 0 aliphatic heterocycles. The molecule has 2 heteroatoms. The summed E-state index contributed by atoms with van der Waals surface area (Å²) in [5, 5.41) is 0. The number of hydrogen-bond acceptors (Lipinski definition) is 2. The number of rotatable bonds is 5. The molecule has 1 rings (SSSR count). The number of hydrogen-bond donors (Lipinski definition) is 0. The quantitative estimate of drug-likeness (QED) is 0.715. The lowest BCUT2D eigenvalue weighted by atomic mass is 9.96. The van der Waals surface area contributed by atoms with E-state index < -0.39 is 0 Å². The van der Waals surface area contributed by atoms with E-state index in [2.05, 4.69) is 24.9 Å². The zero-order chi connectivity index (χ0) is 10.4. The first-order valence-corrected chi connectivity index (χ1v) is 5.28. The molecule has 0 N–H and O–H groups in total. The molecule has 14 heavy (non-hydrogen) atoms. The summed E-state index contributed by atoms with van der Waals surface area (Å²) in [6.45, 7) is 4.45. The van der Waals surface area contributed by atoms with Gasteiger partial charge < -0.3 is 4.74 Å². The Morgan fingerprint density at radius 1 is 1.50 bits per heavy atom. The number of methoxy groups -OCH3 is 1. The minimum absolute atomic E-state index is 0.540. The van der Waals surface area contributed by atoms with Crippen LogP contribution in [0.25, 0.3) is 0 Å². The van der Waals surface area contributed by atoms with Gasteiger partial charge in [-0.25, -0.2) is 4.98 Å². The molecule has 0 aromatic carbocycles. The molecule has 0 radical (unpaired) electrons. The second kappa shape index (κ2) is 5.63.